The van der Waals surface area contributed by atoms with Crippen molar-refractivity contribution in [3.63, 3.8) is 0 Å². The smallest absolute Gasteiger partial charge is 0.0340 e. The van der Waals surface area contributed by atoms with Gasteiger partial charge >= 0.3 is 0 Å². The summed E-state index contributed by atoms with van der Waals surface area (Å²) < 4.78 is 1.20. The SMILES string of the molecule is CCCN(CCC)CCC(NC)c1ccccc1Br. The van der Waals surface area contributed by atoms with Gasteiger partial charge in [-0.2, -0.15) is 0 Å². The molecule has 0 fully saturated rings. The first-order valence-electron chi connectivity index (χ1n) is 7.36. The third-order valence-electron chi connectivity index (χ3n) is 3.44. The van der Waals surface area contributed by atoms with E-state index in [4.69, 9.17) is 0 Å². The van der Waals surface area contributed by atoms with Crippen molar-refractivity contribution in [2.24, 2.45) is 0 Å². The van der Waals surface area contributed by atoms with Crippen molar-refractivity contribution in [2.45, 2.75) is 39.2 Å². The molecule has 0 aliphatic heterocycles. The van der Waals surface area contributed by atoms with Crippen molar-refractivity contribution < 1.29 is 0 Å². The highest BCUT2D eigenvalue weighted by molar-refractivity contribution is 9.10. The van der Waals surface area contributed by atoms with Crippen molar-refractivity contribution in [3.8, 4) is 0 Å². The van der Waals surface area contributed by atoms with Crippen molar-refractivity contribution >= 4 is 15.9 Å². The predicted octanol–water partition coefficient (Wildman–Crippen LogP) is 4.22. The predicted molar refractivity (Wildman–Crippen MR) is 87.6 cm³/mol. The van der Waals surface area contributed by atoms with E-state index < -0.39 is 0 Å². The van der Waals surface area contributed by atoms with Crippen LogP contribution in [0.15, 0.2) is 28.7 Å². The molecule has 1 unspecified atom stereocenters. The number of halogens is 1. The molecule has 0 radical (unpaired) electrons. The highest BCUT2D eigenvalue weighted by Crippen LogP contribution is 2.25. The Hall–Kier alpha value is -0.380. The Kier molecular flexibility index (Phi) is 8.35. The molecule has 0 spiro atoms. The molecule has 0 bridgehead atoms. The van der Waals surface area contributed by atoms with Crippen LogP contribution in [0.4, 0.5) is 0 Å². The molecule has 3 heteroatoms. The minimum atomic E-state index is 0.423. The summed E-state index contributed by atoms with van der Waals surface area (Å²) in [6.45, 7) is 8.09. The largest absolute Gasteiger partial charge is 0.313 e. The van der Waals surface area contributed by atoms with Crippen LogP contribution in [0.1, 0.15) is 44.7 Å². The van der Waals surface area contributed by atoms with Gasteiger partial charge in [0.25, 0.3) is 0 Å². The van der Waals surface area contributed by atoms with Gasteiger partial charge in [-0.05, 0) is 57.6 Å². The third-order valence-corrected chi connectivity index (χ3v) is 4.16. The average molecular weight is 327 g/mol. The van der Waals surface area contributed by atoms with Crippen LogP contribution in [-0.4, -0.2) is 31.6 Å². The average Bonchev–Trinajstić information content (AvgIpc) is 2.41. The summed E-state index contributed by atoms with van der Waals surface area (Å²) in [5.74, 6) is 0. The van der Waals surface area contributed by atoms with Crippen molar-refractivity contribution in [2.75, 3.05) is 26.7 Å². The lowest BCUT2D eigenvalue weighted by molar-refractivity contribution is 0.259. The second kappa shape index (κ2) is 9.51. The zero-order valence-electron chi connectivity index (χ0n) is 12.5. The van der Waals surface area contributed by atoms with Gasteiger partial charge in [-0.15, -0.1) is 0 Å². The van der Waals surface area contributed by atoms with Gasteiger partial charge in [-0.25, -0.2) is 0 Å². The quantitative estimate of drug-likeness (QED) is 0.730. The number of rotatable bonds is 9. The summed E-state index contributed by atoms with van der Waals surface area (Å²) in [4.78, 5) is 2.57. The summed E-state index contributed by atoms with van der Waals surface area (Å²) >= 11 is 3.65. The molecule has 1 N–H and O–H groups in total. The molecule has 1 rings (SSSR count). The summed E-state index contributed by atoms with van der Waals surface area (Å²) in [7, 11) is 2.05. The van der Waals surface area contributed by atoms with Crippen LogP contribution in [0.25, 0.3) is 0 Å². The molecule has 0 saturated carbocycles. The van der Waals surface area contributed by atoms with E-state index in [0.29, 0.717) is 6.04 Å². The maximum absolute atomic E-state index is 3.65. The third kappa shape index (κ3) is 5.64. The number of nitrogens with zero attached hydrogens (tertiary/aromatic N) is 1. The lowest BCUT2D eigenvalue weighted by atomic mass is 10.0. The van der Waals surface area contributed by atoms with Gasteiger partial charge in [-0.3, -0.25) is 0 Å². The van der Waals surface area contributed by atoms with Gasteiger partial charge < -0.3 is 10.2 Å². The molecular weight excluding hydrogens is 300 g/mol. The molecule has 1 aromatic rings. The van der Waals surface area contributed by atoms with Gasteiger partial charge in [0.1, 0.15) is 0 Å². The molecule has 1 aromatic carbocycles. The minimum absolute atomic E-state index is 0.423. The minimum Gasteiger partial charge on any atom is -0.313 e. The van der Waals surface area contributed by atoms with Crippen LogP contribution >= 0.6 is 15.9 Å². The standard InChI is InChI=1S/C16H27BrN2/c1-4-11-19(12-5-2)13-10-16(18-3)14-8-6-7-9-15(14)17/h6-9,16,18H,4-5,10-13H2,1-3H3. The molecule has 1 atom stereocenters. The fourth-order valence-corrected chi connectivity index (χ4v) is 3.05. The van der Waals surface area contributed by atoms with Gasteiger partial charge in [0.2, 0.25) is 0 Å². The maximum atomic E-state index is 3.65. The number of hydrogen-bond donors (Lipinski definition) is 1. The second-order valence-corrected chi connectivity index (χ2v) is 5.85. The molecule has 108 valence electrons. The first kappa shape index (κ1) is 16.7. The van der Waals surface area contributed by atoms with Crippen LogP contribution < -0.4 is 5.32 Å². The topological polar surface area (TPSA) is 15.3 Å². The molecule has 0 heterocycles. The maximum Gasteiger partial charge on any atom is 0.0340 e. The first-order chi connectivity index (χ1) is 9.22. The summed E-state index contributed by atoms with van der Waals surface area (Å²) in [6, 6.07) is 8.93. The monoisotopic (exact) mass is 326 g/mol. The Morgan fingerprint density at radius 3 is 2.26 bits per heavy atom. The van der Waals surface area contributed by atoms with Gasteiger partial charge in [0.05, 0.1) is 0 Å². The van der Waals surface area contributed by atoms with Crippen molar-refractivity contribution in [3.05, 3.63) is 34.3 Å². The Labute approximate surface area is 126 Å². The molecule has 0 aromatic heterocycles. The highest BCUT2D eigenvalue weighted by Gasteiger charge is 2.13. The van der Waals surface area contributed by atoms with E-state index in [2.05, 4.69) is 64.3 Å². The molecule has 2 nitrogen and oxygen atoms in total. The normalized spacial score (nSPS) is 12.9. The zero-order chi connectivity index (χ0) is 14.1. The van der Waals surface area contributed by atoms with Crippen LogP contribution in [0, 0.1) is 0 Å². The Morgan fingerprint density at radius 1 is 1.11 bits per heavy atom. The summed E-state index contributed by atoms with van der Waals surface area (Å²) in [6.07, 6.45) is 3.62. The second-order valence-electron chi connectivity index (χ2n) is 4.99. The Morgan fingerprint density at radius 2 is 1.74 bits per heavy atom. The fourth-order valence-electron chi connectivity index (χ4n) is 2.49. The molecule has 19 heavy (non-hydrogen) atoms. The van der Waals surface area contributed by atoms with Crippen LogP contribution in [0.3, 0.4) is 0 Å². The van der Waals surface area contributed by atoms with E-state index in [1.54, 1.807) is 0 Å². The van der Waals surface area contributed by atoms with Crippen LogP contribution in [0.5, 0.6) is 0 Å². The van der Waals surface area contributed by atoms with Crippen molar-refractivity contribution in [1.29, 1.82) is 0 Å². The Bertz CT molecular complexity index is 348. The molecule has 0 amide bonds. The van der Waals surface area contributed by atoms with E-state index in [0.717, 1.165) is 13.0 Å². The van der Waals surface area contributed by atoms with E-state index in [-0.39, 0.29) is 0 Å². The Balaban J connectivity index is 2.59. The number of nitrogens with one attached hydrogen (secondary N) is 1. The summed E-state index contributed by atoms with van der Waals surface area (Å²) in [5, 5.41) is 3.44. The molecule has 0 aliphatic carbocycles. The lowest BCUT2D eigenvalue weighted by Gasteiger charge is -2.25. The highest BCUT2D eigenvalue weighted by atomic mass is 79.9. The van der Waals surface area contributed by atoms with E-state index in [1.165, 1.54) is 36.0 Å². The molecule has 0 aliphatic rings. The first-order valence-corrected chi connectivity index (χ1v) is 8.16. The van der Waals surface area contributed by atoms with Gasteiger partial charge in [0.15, 0.2) is 0 Å². The summed E-state index contributed by atoms with van der Waals surface area (Å²) in [5.41, 5.74) is 1.36. The number of benzene rings is 1. The van der Waals surface area contributed by atoms with E-state index in [9.17, 15) is 0 Å². The van der Waals surface area contributed by atoms with Gasteiger partial charge in [0, 0.05) is 10.5 Å². The van der Waals surface area contributed by atoms with Crippen molar-refractivity contribution in [1.82, 2.24) is 10.2 Å². The van der Waals surface area contributed by atoms with E-state index in [1.807, 2.05) is 7.05 Å². The van der Waals surface area contributed by atoms with Crippen LogP contribution in [-0.2, 0) is 0 Å². The fraction of sp³-hybridized carbons (Fsp3) is 0.625. The lowest BCUT2D eigenvalue weighted by Crippen LogP contribution is -2.30. The van der Waals surface area contributed by atoms with E-state index >= 15 is 0 Å². The zero-order valence-corrected chi connectivity index (χ0v) is 14.0. The molecule has 0 saturated heterocycles. The van der Waals surface area contributed by atoms with Crippen LogP contribution in [0.2, 0.25) is 0 Å². The molecular formula is C16H27BrN2. The number of hydrogen-bond acceptors (Lipinski definition) is 2. The van der Waals surface area contributed by atoms with Gasteiger partial charge in [-0.1, -0.05) is 48.0 Å².